The minimum atomic E-state index is 1.20. The molecule has 1 aromatic heterocycles. The molecule has 2 heterocycles. The minimum absolute atomic E-state index is 1.20. The van der Waals surface area contributed by atoms with E-state index in [9.17, 15) is 0 Å². The van der Waals surface area contributed by atoms with E-state index < -0.39 is 0 Å². The van der Waals surface area contributed by atoms with Crippen molar-refractivity contribution in [1.29, 1.82) is 0 Å². The van der Waals surface area contributed by atoms with Crippen LogP contribution in [0, 0.1) is 0 Å². The van der Waals surface area contributed by atoms with Crippen LogP contribution >= 0.6 is 11.8 Å². The molecule has 0 unspecified atom stereocenters. The zero-order chi connectivity index (χ0) is 26.2. The van der Waals surface area contributed by atoms with Crippen LogP contribution in [0.5, 0.6) is 0 Å². The summed E-state index contributed by atoms with van der Waals surface area (Å²) in [5.74, 6) is 0. The first-order chi connectivity index (χ1) is 19.8. The van der Waals surface area contributed by atoms with E-state index in [0.29, 0.717) is 0 Å². The van der Waals surface area contributed by atoms with Crippen molar-refractivity contribution in [2.45, 2.75) is 9.79 Å². The molecule has 0 fully saturated rings. The van der Waals surface area contributed by atoms with Crippen LogP contribution in [0.4, 0.5) is 0 Å². The normalized spacial score (nSPS) is 12.4. The number of rotatable bonds is 2. The molecule has 0 atom stereocenters. The highest BCUT2D eigenvalue weighted by Gasteiger charge is 2.21. The maximum absolute atomic E-state index is 2.46. The summed E-state index contributed by atoms with van der Waals surface area (Å²) in [6.07, 6.45) is 0. The molecule has 1 aliphatic heterocycles. The molecular weight excluding hydrogens is 502 g/mol. The van der Waals surface area contributed by atoms with Gasteiger partial charge in [0.15, 0.2) is 0 Å². The van der Waals surface area contributed by atoms with Crippen molar-refractivity contribution in [3.8, 4) is 27.9 Å². The molecule has 0 N–H and O–H groups in total. The van der Waals surface area contributed by atoms with E-state index in [2.05, 4.69) is 144 Å². The summed E-state index contributed by atoms with van der Waals surface area (Å²) in [6.45, 7) is 0. The van der Waals surface area contributed by atoms with Gasteiger partial charge in [-0.05, 0) is 69.2 Å². The number of nitrogens with zero attached hydrogens (tertiary/aromatic N) is 1. The average molecular weight is 526 g/mol. The van der Waals surface area contributed by atoms with Gasteiger partial charge in [-0.1, -0.05) is 115 Å². The zero-order valence-electron chi connectivity index (χ0n) is 21.6. The van der Waals surface area contributed by atoms with Gasteiger partial charge in [0.1, 0.15) is 0 Å². The Hall–Kier alpha value is -4.79. The van der Waals surface area contributed by atoms with Crippen LogP contribution in [-0.2, 0) is 0 Å². The maximum Gasteiger partial charge on any atom is 0.0547 e. The number of benzene rings is 7. The maximum atomic E-state index is 2.46. The van der Waals surface area contributed by atoms with Gasteiger partial charge in [0.05, 0.1) is 16.7 Å². The summed E-state index contributed by atoms with van der Waals surface area (Å²) in [5.41, 5.74) is 8.77. The third kappa shape index (κ3) is 3.05. The Bertz CT molecular complexity index is 2300. The summed E-state index contributed by atoms with van der Waals surface area (Å²) in [6, 6.07) is 51.2. The Balaban J connectivity index is 1.32. The molecule has 1 nitrogen and oxygen atoms in total. The van der Waals surface area contributed by atoms with Crippen LogP contribution in [0.1, 0.15) is 0 Å². The molecule has 9 rings (SSSR count). The quantitative estimate of drug-likeness (QED) is 0.217. The van der Waals surface area contributed by atoms with E-state index in [1.165, 1.54) is 81.1 Å². The fraction of sp³-hybridized carbons (Fsp3) is 0. The highest BCUT2D eigenvalue weighted by Crippen LogP contribution is 2.49. The van der Waals surface area contributed by atoms with Crippen LogP contribution in [0.2, 0.25) is 0 Å². The molecule has 0 spiro atoms. The van der Waals surface area contributed by atoms with Crippen molar-refractivity contribution < 1.29 is 0 Å². The van der Waals surface area contributed by atoms with Crippen molar-refractivity contribution in [3.63, 3.8) is 0 Å². The van der Waals surface area contributed by atoms with E-state index in [1.807, 2.05) is 11.8 Å². The van der Waals surface area contributed by atoms with E-state index >= 15 is 0 Å². The van der Waals surface area contributed by atoms with E-state index in [-0.39, 0.29) is 0 Å². The highest BCUT2D eigenvalue weighted by atomic mass is 32.2. The summed E-state index contributed by atoms with van der Waals surface area (Å²) in [5, 5.41) is 7.83. The summed E-state index contributed by atoms with van der Waals surface area (Å²) in [4.78, 5) is 2.65. The lowest BCUT2D eigenvalue weighted by atomic mass is 9.94. The van der Waals surface area contributed by atoms with Gasteiger partial charge < -0.3 is 4.57 Å². The van der Waals surface area contributed by atoms with Crippen LogP contribution in [0.25, 0.3) is 71.3 Å². The second-order valence-electron chi connectivity index (χ2n) is 10.5. The number of aromatic nitrogens is 1. The van der Waals surface area contributed by atoms with Gasteiger partial charge in [-0.15, -0.1) is 0 Å². The predicted molar refractivity (Wildman–Crippen MR) is 171 cm³/mol. The molecule has 0 saturated heterocycles. The van der Waals surface area contributed by atoms with E-state index in [0.717, 1.165) is 0 Å². The van der Waals surface area contributed by atoms with Crippen LogP contribution in [0.3, 0.4) is 0 Å². The van der Waals surface area contributed by atoms with Crippen molar-refractivity contribution in [2.75, 3.05) is 0 Å². The van der Waals surface area contributed by atoms with Gasteiger partial charge in [0, 0.05) is 31.5 Å². The first kappa shape index (κ1) is 22.1. The van der Waals surface area contributed by atoms with Crippen LogP contribution < -0.4 is 0 Å². The van der Waals surface area contributed by atoms with Gasteiger partial charge in [0.25, 0.3) is 0 Å². The standard InChI is InChI=1S/C38H23NS/c1-2-13-28-24(9-1)19-21-34-38(28)30-14-4-6-17-33(30)39(34)32-16-5-3-12-27(32)26-20-22-35-31(23-26)29-15-7-10-25-11-8-18-36(40-35)37(25)29/h1-23H. The molecule has 1 aliphatic rings. The molecule has 2 heteroatoms. The lowest BCUT2D eigenvalue weighted by molar-refractivity contribution is 1.18. The summed E-state index contributed by atoms with van der Waals surface area (Å²) in [7, 11) is 0. The number of fused-ring (bicyclic) bond motifs is 7. The van der Waals surface area contributed by atoms with Crippen LogP contribution in [0.15, 0.2) is 149 Å². The Morgan fingerprint density at radius 2 is 1.18 bits per heavy atom. The third-order valence-electron chi connectivity index (χ3n) is 8.37. The van der Waals surface area contributed by atoms with Crippen molar-refractivity contribution >= 4 is 55.1 Å². The van der Waals surface area contributed by atoms with Gasteiger partial charge in [0.2, 0.25) is 0 Å². The fourth-order valence-electron chi connectivity index (χ4n) is 6.64. The topological polar surface area (TPSA) is 4.93 Å². The average Bonchev–Trinajstić information content (AvgIpc) is 3.36. The van der Waals surface area contributed by atoms with Gasteiger partial charge in [-0.25, -0.2) is 0 Å². The molecule has 7 aromatic carbocycles. The monoisotopic (exact) mass is 525 g/mol. The Morgan fingerprint density at radius 3 is 2.12 bits per heavy atom. The molecule has 0 radical (unpaired) electrons. The van der Waals surface area contributed by atoms with Crippen molar-refractivity contribution in [3.05, 3.63) is 140 Å². The Labute approximate surface area is 236 Å². The van der Waals surface area contributed by atoms with E-state index in [1.54, 1.807) is 0 Å². The molecule has 186 valence electrons. The smallest absolute Gasteiger partial charge is 0.0547 e. The van der Waals surface area contributed by atoms with Crippen LogP contribution in [-0.4, -0.2) is 4.57 Å². The molecular formula is C38H23NS. The summed E-state index contributed by atoms with van der Waals surface area (Å²) < 4.78 is 2.46. The molecule has 0 saturated carbocycles. The van der Waals surface area contributed by atoms with Gasteiger partial charge in [-0.2, -0.15) is 0 Å². The molecule has 0 aliphatic carbocycles. The largest absolute Gasteiger partial charge is 0.309 e. The summed E-state index contributed by atoms with van der Waals surface area (Å²) >= 11 is 1.88. The third-order valence-corrected chi connectivity index (χ3v) is 9.51. The Kier molecular flexibility index (Phi) is 4.61. The molecule has 0 amide bonds. The second kappa shape index (κ2) is 8.35. The number of para-hydroxylation sites is 2. The van der Waals surface area contributed by atoms with Crippen molar-refractivity contribution in [2.24, 2.45) is 0 Å². The molecule has 40 heavy (non-hydrogen) atoms. The predicted octanol–water partition coefficient (Wildman–Crippen LogP) is 10.9. The highest BCUT2D eigenvalue weighted by molar-refractivity contribution is 7.99. The molecule has 8 aromatic rings. The van der Waals surface area contributed by atoms with Gasteiger partial charge >= 0.3 is 0 Å². The SMILES string of the molecule is c1ccc(-n2c3ccccc3c3c4ccccc4ccc32)c(-c2ccc3c(c2)-c2cccc4cccc(c24)S3)c1. The Morgan fingerprint density at radius 1 is 0.425 bits per heavy atom. The first-order valence-electron chi connectivity index (χ1n) is 13.7. The van der Waals surface area contributed by atoms with Crippen molar-refractivity contribution in [1.82, 2.24) is 4.57 Å². The lowest BCUT2D eigenvalue weighted by Crippen LogP contribution is -1.98. The fourth-order valence-corrected chi connectivity index (χ4v) is 7.77. The second-order valence-corrected chi connectivity index (χ2v) is 11.6. The number of hydrogen-bond donors (Lipinski definition) is 0. The minimum Gasteiger partial charge on any atom is -0.309 e. The zero-order valence-corrected chi connectivity index (χ0v) is 22.5. The first-order valence-corrected chi connectivity index (χ1v) is 14.5. The van der Waals surface area contributed by atoms with E-state index in [4.69, 9.17) is 0 Å². The lowest BCUT2D eigenvalue weighted by Gasteiger charge is -2.21. The molecule has 0 bridgehead atoms. The van der Waals surface area contributed by atoms with Gasteiger partial charge in [-0.3, -0.25) is 0 Å². The number of hydrogen-bond acceptors (Lipinski definition) is 1.